The minimum absolute atomic E-state index is 0.0369. The first kappa shape index (κ1) is 10.9. The summed E-state index contributed by atoms with van der Waals surface area (Å²) in [5.74, 6) is 0. The van der Waals surface area contributed by atoms with E-state index in [0.29, 0.717) is 10.8 Å². The monoisotopic (exact) mass is 215 g/mol. The van der Waals surface area contributed by atoms with Crippen molar-refractivity contribution in [3.05, 3.63) is 11.1 Å². The van der Waals surface area contributed by atoms with Gasteiger partial charge < -0.3 is 10.8 Å². The first-order valence-electron chi connectivity index (χ1n) is 4.20. The second kappa shape index (κ2) is 4.39. The minimum Gasteiger partial charge on any atom is -0.390 e. The van der Waals surface area contributed by atoms with Gasteiger partial charge in [-0.25, -0.2) is 9.78 Å². The van der Waals surface area contributed by atoms with Crippen LogP contribution < -0.4 is 10.6 Å². The lowest BCUT2D eigenvalue weighted by Gasteiger charge is -2.21. The fraction of sp³-hybridized carbons (Fsp3) is 0.500. The summed E-state index contributed by atoms with van der Waals surface area (Å²) in [5.41, 5.74) is 5.76. The topological polar surface area (TPSA) is 79.5 Å². The van der Waals surface area contributed by atoms with Crippen molar-refractivity contribution >= 4 is 22.5 Å². The minimum atomic E-state index is -0.529. The summed E-state index contributed by atoms with van der Waals surface area (Å²) < 4.78 is 0. The summed E-state index contributed by atoms with van der Waals surface area (Å²) in [7, 11) is 0. The second-order valence-electron chi connectivity index (χ2n) is 3.08. The third-order valence-corrected chi connectivity index (χ3v) is 2.55. The van der Waals surface area contributed by atoms with Gasteiger partial charge in [0.15, 0.2) is 5.13 Å². The van der Waals surface area contributed by atoms with E-state index >= 15 is 0 Å². The molecule has 0 aliphatic rings. The largest absolute Gasteiger partial charge is 0.390 e. The average molecular weight is 215 g/mol. The van der Waals surface area contributed by atoms with Gasteiger partial charge in [-0.3, -0.25) is 4.90 Å². The smallest absolute Gasteiger partial charge is 0.321 e. The predicted octanol–water partition coefficient (Wildman–Crippen LogP) is 0.929. The second-order valence-corrected chi connectivity index (χ2v) is 3.92. The van der Waals surface area contributed by atoms with E-state index in [0.717, 1.165) is 0 Å². The molecular weight excluding hydrogens is 202 g/mol. The molecule has 0 spiro atoms. The average Bonchev–Trinajstić information content (AvgIpc) is 2.51. The highest BCUT2D eigenvalue weighted by Gasteiger charge is 2.19. The molecule has 1 aromatic rings. The normalized spacial score (nSPS) is 10.6. The van der Waals surface area contributed by atoms with Gasteiger partial charge in [-0.2, -0.15) is 0 Å². The van der Waals surface area contributed by atoms with Crippen LogP contribution in [-0.2, 0) is 6.61 Å². The number of primary amides is 1. The molecule has 0 aromatic carbocycles. The van der Waals surface area contributed by atoms with Crippen molar-refractivity contribution in [2.75, 3.05) is 4.90 Å². The van der Waals surface area contributed by atoms with Crippen molar-refractivity contribution in [3.63, 3.8) is 0 Å². The highest BCUT2D eigenvalue weighted by molar-refractivity contribution is 7.14. The first-order valence-corrected chi connectivity index (χ1v) is 5.08. The SMILES string of the molecule is CC(C)N(C(N)=O)c1nc(CO)cs1. The van der Waals surface area contributed by atoms with Crippen LogP contribution in [0.1, 0.15) is 19.5 Å². The number of urea groups is 1. The summed E-state index contributed by atoms with van der Waals surface area (Å²) >= 11 is 1.29. The van der Waals surface area contributed by atoms with Crippen LogP contribution in [0.5, 0.6) is 0 Å². The number of aromatic nitrogens is 1. The number of carbonyl (C=O) groups is 1. The molecule has 0 unspecified atom stereocenters. The Morgan fingerprint density at radius 3 is 2.79 bits per heavy atom. The molecule has 0 aliphatic heterocycles. The van der Waals surface area contributed by atoms with Gasteiger partial charge >= 0.3 is 6.03 Å². The van der Waals surface area contributed by atoms with Crippen molar-refractivity contribution < 1.29 is 9.90 Å². The van der Waals surface area contributed by atoms with E-state index < -0.39 is 6.03 Å². The molecule has 6 heteroatoms. The summed E-state index contributed by atoms with van der Waals surface area (Å²) in [5, 5.41) is 11.0. The summed E-state index contributed by atoms with van der Waals surface area (Å²) in [6.45, 7) is 3.58. The van der Waals surface area contributed by atoms with E-state index in [9.17, 15) is 4.79 Å². The maximum atomic E-state index is 11.1. The van der Waals surface area contributed by atoms with Crippen LogP contribution in [0.15, 0.2) is 5.38 Å². The Morgan fingerprint density at radius 2 is 2.43 bits per heavy atom. The zero-order chi connectivity index (χ0) is 10.7. The number of hydrogen-bond acceptors (Lipinski definition) is 4. The Labute approximate surface area is 86.2 Å². The lowest BCUT2D eigenvalue weighted by atomic mass is 10.3. The van der Waals surface area contributed by atoms with Gasteiger partial charge in [0.25, 0.3) is 0 Å². The van der Waals surface area contributed by atoms with Gasteiger partial charge in [0.1, 0.15) is 0 Å². The van der Waals surface area contributed by atoms with Gasteiger partial charge in [-0.1, -0.05) is 0 Å². The standard InChI is InChI=1S/C8H13N3O2S/c1-5(2)11(7(9)13)8-10-6(3-12)4-14-8/h4-5,12H,3H2,1-2H3,(H2,9,13). The Morgan fingerprint density at radius 1 is 1.79 bits per heavy atom. The van der Waals surface area contributed by atoms with Gasteiger partial charge in [-0.15, -0.1) is 11.3 Å². The third kappa shape index (κ3) is 2.21. The molecule has 0 radical (unpaired) electrons. The Bertz CT molecular complexity index is 324. The van der Waals surface area contributed by atoms with Gasteiger partial charge in [0.05, 0.1) is 12.3 Å². The van der Waals surface area contributed by atoms with Crippen LogP contribution in [0.25, 0.3) is 0 Å². The maximum absolute atomic E-state index is 11.1. The van der Waals surface area contributed by atoms with Crippen LogP contribution in [-0.4, -0.2) is 22.2 Å². The fourth-order valence-electron chi connectivity index (χ4n) is 1.05. The number of thiazole rings is 1. The molecular formula is C8H13N3O2S. The summed E-state index contributed by atoms with van der Waals surface area (Å²) in [6.07, 6.45) is 0. The van der Waals surface area contributed by atoms with Crippen molar-refractivity contribution in [1.29, 1.82) is 0 Å². The van der Waals surface area contributed by atoms with E-state index in [-0.39, 0.29) is 12.6 Å². The molecule has 0 saturated heterocycles. The number of aliphatic hydroxyl groups excluding tert-OH is 1. The number of amides is 2. The number of carbonyl (C=O) groups excluding carboxylic acids is 1. The Balaban J connectivity index is 2.93. The Hall–Kier alpha value is -1.14. The zero-order valence-electron chi connectivity index (χ0n) is 8.10. The lowest BCUT2D eigenvalue weighted by Crippen LogP contribution is -2.40. The van der Waals surface area contributed by atoms with Gasteiger partial charge in [0.2, 0.25) is 0 Å². The molecule has 5 nitrogen and oxygen atoms in total. The summed E-state index contributed by atoms with van der Waals surface area (Å²) in [6, 6.07) is -0.566. The van der Waals surface area contributed by atoms with E-state index in [1.54, 1.807) is 5.38 Å². The van der Waals surface area contributed by atoms with Crippen molar-refractivity contribution in [2.45, 2.75) is 26.5 Å². The quantitative estimate of drug-likeness (QED) is 0.787. The summed E-state index contributed by atoms with van der Waals surface area (Å²) in [4.78, 5) is 16.5. The van der Waals surface area contributed by atoms with Crippen LogP contribution >= 0.6 is 11.3 Å². The predicted molar refractivity (Wildman–Crippen MR) is 55.2 cm³/mol. The van der Waals surface area contributed by atoms with Gasteiger partial charge in [0, 0.05) is 11.4 Å². The molecule has 1 heterocycles. The number of aliphatic hydroxyl groups is 1. The Kier molecular flexibility index (Phi) is 3.43. The van der Waals surface area contributed by atoms with Crippen LogP contribution in [0.4, 0.5) is 9.93 Å². The molecule has 3 N–H and O–H groups in total. The van der Waals surface area contributed by atoms with Gasteiger partial charge in [-0.05, 0) is 13.8 Å². The first-order chi connectivity index (χ1) is 6.56. The molecule has 78 valence electrons. The number of anilines is 1. The van der Waals surface area contributed by atoms with E-state index in [1.165, 1.54) is 16.2 Å². The van der Waals surface area contributed by atoms with Crippen molar-refractivity contribution in [3.8, 4) is 0 Å². The molecule has 0 fully saturated rings. The molecule has 1 rings (SSSR count). The van der Waals surface area contributed by atoms with E-state index in [4.69, 9.17) is 10.8 Å². The highest BCUT2D eigenvalue weighted by atomic mass is 32.1. The highest BCUT2D eigenvalue weighted by Crippen LogP contribution is 2.22. The number of nitrogens with two attached hydrogens (primary N) is 1. The molecule has 2 amide bonds. The van der Waals surface area contributed by atoms with Crippen molar-refractivity contribution in [1.82, 2.24) is 4.98 Å². The number of rotatable bonds is 3. The maximum Gasteiger partial charge on any atom is 0.321 e. The van der Waals surface area contributed by atoms with Crippen LogP contribution in [0.3, 0.4) is 0 Å². The molecule has 0 aliphatic carbocycles. The fourth-order valence-corrected chi connectivity index (χ4v) is 2.00. The zero-order valence-corrected chi connectivity index (χ0v) is 8.91. The third-order valence-electron chi connectivity index (χ3n) is 1.66. The lowest BCUT2D eigenvalue weighted by molar-refractivity contribution is 0.252. The molecule has 1 aromatic heterocycles. The number of nitrogens with zero attached hydrogens (tertiary/aromatic N) is 2. The van der Waals surface area contributed by atoms with Crippen molar-refractivity contribution in [2.24, 2.45) is 5.73 Å². The molecule has 14 heavy (non-hydrogen) atoms. The molecule has 0 saturated carbocycles. The van der Waals surface area contributed by atoms with E-state index in [1.807, 2.05) is 13.8 Å². The molecule has 0 atom stereocenters. The van der Waals surface area contributed by atoms with E-state index in [2.05, 4.69) is 4.98 Å². The number of hydrogen-bond donors (Lipinski definition) is 2. The molecule has 0 bridgehead atoms. The van der Waals surface area contributed by atoms with Crippen LogP contribution in [0.2, 0.25) is 0 Å². The van der Waals surface area contributed by atoms with Crippen LogP contribution in [0, 0.1) is 0 Å².